The molecule has 3 heterocycles. The van der Waals surface area contributed by atoms with E-state index >= 15 is 0 Å². The van der Waals surface area contributed by atoms with Gasteiger partial charge in [0.1, 0.15) is 11.9 Å². The number of piperazine rings is 1. The molecule has 1 N–H and O–H groups in total. The van der Waals surface area contributed by atoms with Crippen LogP contribution >= 0.6 is 0 Å². The Kier molecular flexibility index (Phi) is 5.09. The van der Waals surface area contributed by atoms with E-state index in [0.29, 0.717) is 18.2 Å². The van der Waals surface area contributed by atoms with Gasteiger partial charge in [-0.1, -0.05) is 12.1 Å². The second kappa shape index (κ2) is 7.25. The van der Waals surface area contributed by atoms with Gasteiger partial charge in [0.05, 0.1) is 12.3 Å². The first kappa shape index (κ1) is 16.2. The third kappa shape index (κ3) is 3.80. The number of β-amino-alcohol motifs (C(OH)–C–C–N with tert-alkyl or cyclic N) is 1. The summed E-state index contributed by atoms with van der Waals surface area (Å²) in [6.07, 6.45) is 1.80. The highest BCUT2D eigenvalue weighted by molar-refractivity contribution is 5.02. The molecule has 7 heteroatoms. The van der Waals surface area contributed by atoms with Gasteiger partial charge in [-0.3, -0.25) is 9.80 Å². The number of aliphatic hydroxyl groups excluding tert-OH is 1. The van der Waals surface area contributed by atoms with Crippen molar-refractivity contribution < 1.29 is 14.0 Å². The molecule has 126 valence electrons. The zero-order chi connectivity index (χ0) is 16.2. The summed E-state index contributed by atoms with van der Waals surface area (Å²) in [5.41, 5.74) is 0. The second-order valence-corrected chi connectivity index (χ2v) is 5.95. The van der Waals surface area contributed by atoms with Crippen LogP contribution in [0.15, 0.2) is 27.3 Å². The van der Waals surface area contributed by atoms with Crippen LogP contribution in [0.5, 0.6) is 0 Å². The van der Waals surface area contributed by atoms with Crippen LogP contribution in [0, 0.1) is 0 Å². The van der Waals surface area contributed by atoms with Crippen LogP contribution in [0.3, 0.4) is 0 Å². The number of rotatable bonds is 6. The molecule has 1 aliphatic heterocycles. The first-order valence-corrected chi connectivity index (χ1v) is 8.17. The summed E-state index contributed by atoms with van der Waals surface area (Å²) in [4.78, 5) is 9.01. The minimum atomic E-state index is -0.572. The molecule has 0 saturated carbocycles. The Hall–Kier alpha value is -1.70. The molecule has 0 aromatic carbocycles. The van der Waals surface area contributed by atoms with E-state index < -0.39 is 6.10 Å². The Balaban J connectivity index is 1.50. The van der Waals surface area contributed by atoms with Crippen molar-refractivity contribution in [3.8, 4) is 0 Å². The molecule has 0 radical (unpaired) electrons. The number of hydrogen-bond donors (Lipinski definition) is 1. The van der Waals surface area contributed by atoms with Gasteiger partial charge in [0.15, 0.2) is 5.82 Å². The number of aryl methyl sites for hydroxylation is 1. The van der Waals surface area contributed by atoms with E-state index in [2.05, 4.69) is 26.9 Å². The molecule has 1 saturated heterocycles. The monoisotopic (exact) mass is 320 g/mol. The summed E-state index contributed by atoms with van der Waals surface area (Å²) >= 11 is 0. The maximum atomic E-state index is 10.2. The first-order valence-electron chi connectivity index (χ1n) is 8.17. The van der Waals surface area contributed by atoms with Crippen LogP contribution in [-0.2, 0) is 6.42 Å². The molecule has 0 unspecified atom stereocenters. The fraction of sp³-hybridized carbons (Fsp3) is 0.625. The molecule has 1 fully saturated rings. The van der Waals surface area contributed by atoms with E-state index in [9.17, 15) is 5.11 Å². The highest BCUT2D eigenvalue weighted by Crippen LogP contribution is 2.21. The van der Waals surface area contributed by atoms with Gasteiger partial charge in [0.2, 0.25) is 5.89 Å². The zero-order valence-corrected chi connectivity index (χ0v) is 13.7. The molecular formula is C16H24N4O3. The predicted molar refractivity (Wildman–Crippen MR) is 83.8 cm³/mol. The van der Waals surface area contributed by atoms with Crippen LogP contribution in [0.1, 0.15) is 43.5 Å². The van der Waals surface area contributed by atoms with Crippen LogP contribution in [0.2, 0.25) is 0 Å². The van der Waals surface area contributed by atoms with Crippen molar-refractivity contribution in [3.05, 3.63) is 35.9 Å². The van der Waals surface area contributed by atoms with Gasteiger partial charge in [-0.25, -0.2) is 0 Å². The molecule has 0 amide bonds. The van der Waals surface area contributed by atoms with Gasteiger partial charge in [0, 0.05) is 39.1 Å². The van der Waals surface area contributed by atoms with Crippen molar-refractivity contribution in [1.29, 1.82) is 0 Å². The van der Waals surface area contributed by atoms with Gasteiger partial charge >= 0.3 is 0 Å². The molecule has 2 aromatic heterocycles. The molecule has 2 atom stereocenters. The Bertz CT molecular complexity index is 590. The highest BCUT2D eigenvalue weighted by atomic mass is 16.5. The second-order valence-electron chi connectivity index (χ2n) is 5.95. The van der Waals surface area contributed by atoms with E-state index in [-0.39, 0.29) is 6.04 Å². The minimum Gasteiger partial charge on any atom is -0.467 e. The summed E-state index contributed by atoms with van der Waals surface area (Å²) in [5.74, 6) is 2.07. The Morgan fingerprint density at radius 3 is 2.70 bits per heavy atom. The molecule has 0 bridgehead atoms. The summed E-state index contributed by atoms with van der Waals surface area (Å²) in [5, 5.41) is 14.1. The average molecular weight is 320 g/mol. The molecule has 0 spiro atoms. The largest absolute Gasteiger partial charge is 0.467 e. The normalized spacial score (nSPS) is 19.8. The summed E-state index contributed by atoms with van der Waals surface area (Å²) < 4.78 is 10.6. The van der Waals surface area contributed by atoms with Crippen molar-refractivity contribution >= 4 is 0 Å². The first-order chi connectivity index (χ1) is 11.2. The number of aromatic nitrogens is 2. The summed E-state index contributed by atoms with van der Waals surface area (Å²) in [6, 6.07) is 3.73. The van der Waals surface area contributed by atoms with Crippen LogP contribution in [-0.4, -0.2) is 57.8 Å². The lowest BCUT2D eigenvalue weighted by Crippen LogP contribution is -2.48. The lowest BCUT2D eigenvalue weighted by Gasteiger charge is -2.37. The Morgan fingerprint density at radius 2 is 2.09 bits per heavy atom. The van der Waals surface area contributed by atoms with Crippen molar-refractivity contribution in [2.24, 2.45) is 0 Å². The molecule has 0 aliphatic carbocycles. The number of hydrogen-bond acceptors (Lipinski definition) is 7. The van der Waals surface area contributed by atoms with Crippen molar-refractivity contribution in [1.82, 2.24) is 19.9 Å². The maximum absolute atomic E-state index is 10.2. The zero-order valence-electron chi connectivity index (χ0n) is 13.7. The van der Waals surface area contributed by atoms with Crippen molar-refractivity contribution in [2.45, 2.75) is 32.4 Å². The third-order valence-corrected chi connectivity index (χ3v) is 4.41. The van der Waals surface area contributed by atoms with E-state index in [1.807, 2.05) is 13.0 Å². The lowest BCUT2D eigenvalue weighted by atomic mass is 10.2. The van der Waals surface area contributed by atoms with Crippen LogP contribution in [0.4, 0.5) is 0 Å². The number of furan rings is 1. The Morgan fingerprint density at radius 1 is 1.30 bits per heavy atom. The van der Waals surface area contributed by atoms with E-state index in [4.69, 9.17) is 8.94 Å². The summed E-state index contributed by atoms with van der Waals surface area (Å²) in [6.45, 7) is 8.33. The van der Waals surface area contributed by atoms with Crippen LogP contribution in [0.25, 0.3) is 0 Å². The van der Waals surface area contributed by atoms with Crippen molar-refractivity contribution in [3.63, 3.8) is 0 Å². The van der Waals surface area contributed by atoms with Crippen molar-refractivity contribution in [2.75, 3.05) is 32.7 Å². The molecule has 2 aromatic rings. The lowest BCUT2D eigenvalue weighted by molar-refractivity contribution is 0.0452. The molecule has 7 nitrogen and oxygen atoms in total. The number of nitrogens with zero attached hydrogens (tertiary/aromatic N) is 4. The molecule has 3 rings (SSSR count). The van der Waals surface area contributed by atoms with E-state index in [1.54, 1.807) is 12.3 Å². The number of aliphatic hydroxyl groups is 1. The van der Waals surface area contributed by atoms with Gasteiger partial charge in [-0.2, -0.15) is 4.98 Å². The van der Waals surface area contributed by atoms with Gasteiger partial charge in [-0.15, -0.1) is 0 Å². The van der Waals surface area contributed by atoms with Gasteiger partial charge in [-0.05, 0) is 19.1 Å². The minimum absolute atomic E-state index is 0.125. The maximum Gasteiger partial charge on any atom is 0.243 e. The van der Waals surface area contributed by atoms with Crippen LogP contribution < -0.4 is 0 Å². The van der Waals surface area contributed by atoms with Gasteiger partial charge in [0.25, 0.3) is 0 Å². The Labute approximate surface area is 135 Å². The van der Waals surface area contributed by atoms with E-state index in [1.165, 1.54) is 0 Å². The predicted octanol–water partition coefficient (Wildman–Crippen LogP) is 1.64. The fourth-order valence-electron chi connectivity index (χ4n) is 2.89. The standard InChI is InChI=1S/C16H24N4O3/c1-3-15-17-16(23-18-15)12(2)20-8-6-19(7-9-20)11-13(21)14-5-4-10-22-14/h4-5,10,12-13,21H,3,6-9,11H2,1-2H3/t12-,13+/m1/s1. The topological polar surface area (TPSA) is 78.8 Å². The molecule has 1 aliphatic rings. The van der Waals surface area contributed by atoms with E-state index in [0.717, 1.165) is 38.4 Å². The third-order valence-electron chi connectivity index (χ3n) is 4.41. The highest BCUT2D eigenvalue weighted by Gasteiger charge is 2.26. The average Bonchev–Trinajstić information content (AvgIpc) is 3.26. The molecular weight excluding hydrogens is 296 g/mol. The summed E-state index contributed by atoms with van der Waals surface area (Å²) in [7, 11) is 0. The molecule has 23 heavy (non-hydrogen) atoms. The fourth-order valence-corrected chi connectivity index (χ4v) is 2.89. The quantitative estimate of drug-likeness (QED) is 0.866. The van der Waals surface area contributed by atoms with Gasteiger partial charge < -0.3 is 14.0 Å². The SMILES string of the molecule is CCc1noc([C@@H](C)N2CCN(C[C@H](O)c3ccco3)CC2)n1. The smallest absolute Gasteiger partial charge is 0.243 e.